The van der Waals surface area contributed by atoms with Crippen molar-refractivity contribution in [3.8, 4) is 17.1 Å². The highest BCUT2D eigenvalue weighted by molar-refractivity contribution is 7.13. The minimum Gasteiger partial charge on any atom is -0.491 e. The maximum Gasteiger partial charge on any atom is 0.259 e. The Labute approximate surface area is 184 Å². The van der Waals surface area contributed by atoms with E-state index in [-0.39, 0.29) is 5.91 Å². The van der Waals surface area contributed by atoms with E-state index in [2.05, 4.69) is 20.2 Å². The number of para-hydroxylation sites is 2. The summed E-state index contributed by atoms with van der Waals surface area (Å²) in [6, 6.07) is 13.4. The summed E-state index contributed by atoms with van der Waals surface area (Å²) in [5.74, 6) is 1.24. The molecule has 3 heterocycles. The van der Waals surface area contributed by atoms with Gasteiger partial charge in [0.1, 0.15) is 23.7 Å². The zero-order valence-corrected chi connectivity index (χ0v) is 17.8. The number of nitrogens with zero attached hydrogens (tertiary/aromatic N) is 3. The molecule has 4 aromatic rings. The van der Waals surface area contributed by atoms with Crippen LogP contribution in [0.25, 0.3) is 22.4 Å². The number of anilines is 1. The summed E-state index contributed by atoms with van der Waals surface area (Å²) < 4.78 is 6.11. The first kappa shape index (κ1) is 19.7. The number of aromatic amines is 1. The Morgan fingerprint density at radius 3 is 2.87 bits per heavy atom. The third-order valence-electron chi connectivity index (χ3n) is 5.42. The molecule has 0 saturated carbocycles. The highest BCUT2D eigenvalue weighted by Gasteiger charge is 2.17. The van der Waals surface area contributed by atoms with Gasteiger partial charge in [-0.05, 0) is 50.2 Å². The van der Waals surface area contributed by atoms with Crippen molar-refractivity contribution in [2.75, 3.05) is 31.6 Å². The van der Waals surface area contributed by atoms with Crippen molar-refractivity contribution in [1.82, 2.24) is 19.9 Å². The zero-order valence-electron chi connectivity index (χ0n) is 17.0. The van der Waals surface area contributed by atoms with Crippen LogP contribution in [0.2, 0.25) is 0 Å². The highest BCUT2D eigenvalue weighted by Crippen LogP contribution is 2.30. The second-order valence-electron chi connectivity index (χ2n) is 7.47. The number of aromatic nitrogens is 3. The van der Waals surface area contributed by atoms with Gasteiger partial charge in [0.05, 0.1) is 16.6 Å². The van der Waals surface area contributed by atoms with Crippen LogP contribution in [-0.4, -0.2) is 52.0 Å². The smallest absolute Gasteiger partial charge is 0.259 e. The SMILES string of the molecule is O=C(Nc1nccs1)c1cccc2[nH]c(-c3ccccc3OCCN3CCCC3)nc12. The molecule has 8 heteroatoms. The van der Waals surface area contributed by atoms with E-state index >= 15 is 0 Å². The molecule has 1 fully saturated rings. The molecule has 2 aromatic heterocycles. The molecule has 1 saturated heterocycles. The largest absolute Gasteiger partial charge is 0.491 e. The normalized spacial score (nSPS) is 14.2. The molecule has 2 N–H and O–H groups in total. The summed E-state index contributed by atoms with van der Waals surface area (Å²) >= 11 is 1.38. The molecule has 0 bridgehead atoms. The Bertz CT molecular complexity index is 1180. The van der Waals surface area contributed by atoms with Crippen molar-refractivity contribution in [2.24, 2.45) is 0 Å². The lowest BCUT2D eigenvalue weighted by atomic mass is 10.1. The molecule has 0 aliphatic carbocycles. The summed E-state index contributed by atoms with van der Waals surface area (Å²) in [4.78, 5) is 27.4. The number of benzene rings is 2. The third-order valence-corrected chi connectivity index (χ3v) is 6.10. The van der Waals surface area contributed by atoms with Crippen molar-refractivity contribution >= 4 is 33.4 Å². The maximum absolute atomic E-state index is 12.8. The van der Waals surface area contributed by atoms with E-state index in [4.69, 9.17) is 9.72 Å². The van der Waals surface area contributed by atoms with Crippen molar-refractivity contribution in [2.45, 2.75) is 12.8 Å². The van der Waals surface area contributed by atoms with E-state index in [0.29, 0.717) is 28.6 Å². The van der Waals surface area contributed by atoms with Crippen LogP contribution in [0.3, 0.4) is 0 Å². The van der Waals surface area contributed by atoms with Crippen LogP contribution in [0.4, 0.5) is 5.13 Å². The van der Waals surface area contributed by atoms with E-state index in [1.807, 2.05) is 41.8 Å². The van der Waals surface area contributed by atoms with Gasteiger partial charge in [-0.2, -0.15) is 0 Å². The minimum atomic E-state index is -0.228. The third kappa shape index (κ3) is 4.30. The summed E-state index contributed by atoms with van der Waals surface area (Å²) in [5.41, 5.74) is 2.81. The lowest BCUT2D eigenvalue weighted by Crippen LogP contribution is -2.25. The number of amides is 1. The fourth-order valence-electron chi connectivity index (χ4n) is 3.87. The van der Waals surface area contributed by atoms with Crippen LogP contribution in [0.15, 0.2) is 54.0 Å². The van der Waals surface area contributed by atoms with Gasteiger partial charge < -0.3 is 9.72 Å². The van der Waals surface area contributed by atoms with Gasteiger partial charge >= 0.3 is 0 Å². The molecule has 0 radical (unpaired) electrons. The number of likely N-dealkylation sites (tertiary alicyclic amines) is 1. The lowest BCUT2D eigenvalue weighted by Gasteiger charge is -2.16. The van der Waals surface area contributed by atoms with Crippen LogP contribution in [0.5, 0.6) is 5.75 Å². The lowest BCUT2D eigenvalue weighted by molar-refractivity contribution is 0.102. The van der Waals surface area contributed by atoms with Crippen LogP contribution in [-0.2, 0) is 0 Å². The van der Waals surface area contributed by atoms with Gasteiger partial charge in [-0.1, -0.05) is 18.2 Å². The number of rotatable bonds is 7. The number of H-pyrrole nitrogens is 1. The van der Waals surface area contributed by atoms with Crippen LogP contribution < -0.4 is 10.1 Å². The fraction of sp³-hybridized carbons (Fsp3) is 0.261. The molecule has 5 rings (SSSR count). The number of ether oxygens (including phenoxy) is 1. The van der Waals surface area contributed by atoms with Gasteiger partial charge in [-0.3, -0.25) is 15.0 Å². The van der Waals surface area contributed by atoms with Crippen LogP contribution in [0, 0.1) is 0 Å². The number of hydrogen-bond donors (Lipinski definition) is 2. The predicted octanol–water partition coefficient (Wildman–Crippen LogP) is 4.41. The van der Waals surface area contributed by atoms with E-state index in [1.165, 1.54) is 24.2 Å². The summed E-state index contributed by atoms with van der Waals surface area (Å²) in [5, 5.41) is 5.22. The van der Waals surface area contributed by atoms with Gasteiger partial charge in [0, 0.05) is 18.1 Å². The van der Waals surface area contributed by atoms with Crippen LogP contribution >= 0.6 is 11.3 Å². The number of carbonyl (C=O) groups is 1. The Morgan fingerprint density at radius 1 is 1.16 bits per heavy atom. The fourth-order valence-corrected chi connectivity index (χ4v) is 4.40. The average Bonchev–Trinajstić information content (AvgIpc) is 3.55. The van der Waals surface area contributed by atoms with Gasteiger partial charge in [-0.15, -0.1) is 11.3 Å². The Balaban J connectivity index is 1.40. The Hall–Kier alpha value is -3.23. The first-order chi connectivity index (χ1) is 15.3. The molecule has 1 aliphatic heterocycles. The molecule has 158 valence electrons. The van der Waals surface area contributed by atoms with Crippen LogP contribution in [0.1, 0.15) is 23.2 Å². The molecule has 7 nitrogen and oxygen atoms in total. The quantitative estimate of drug-likeness (QED) is 0.451. The number of carbonyl (C=O) groups excluding carboxylic acids is 1. The van der Waals surface area contributed by atoms with E-state index in [0.717, 1.165) is 36.5 Å². The second-order valence-corrected chi connectivity index (χ2v) is 8.37. The number of nitrogens with one attached hydrogen (secondary N) is 2. The topological polar surface area (TPSA) is 83.1 Å². The van der Waals surface area contributed by atoms with Crippen molar-refractivity contribution in [3.05, 3.63) is 59.6 Å². The Morgan fingerprint density at radius 2 is 2.03 bits per heavy atom. The molecule has 0 atom stereocenters. The van der Waals surface area contributed by atoms with Gasteiger partial charge in [-0.25, -0.2) is 9.97 Å². The minimum absolute atomic E-state index is 0.228. The molecule has 1 aliphatic rings. The van der Waals surface area contributed by atoms with Crippen molar-refractivity contribution in [3.63, 3.8) is 0 Å². The highest BCUT2D eigenvalue weighted by atomic mass is 32.1. The van der Waals surface area contributed by atoms with Gasteiger partial charge in [0.25, 0.3) is 5.91 Å². The number of fused-ring (bicyclic) bond motifs is 1. The van der Waals surface area contributed by atoms with Gasteiger partial charge in [0.2, 0.25) is 0 Å². The first-order valence-electron chi connectivity index (χ1n) is 10.4. The standard InChI is InChI=1S/C23H23N5O2S/c29-22(27-23-24-10-15-31-23)17-7-5-8-18-20(17)26-21(25-18)16-6-1-2-9-19(16)30-14-13-28-11-3-4-12-28/h1-2,5-10,15H,3-4,11-14H2,(H,25,26)(H,24,27,29). The number of imidazole rings is 1. The summed E-state index contributed by atoms with van der Waals surface area (Å²) in [6.07, 6.45) is 4.20. The Kier molecular flexibility index (Phi) is 5.64. The molecular formula is C23H23N5O2S. The second kappa shape index (κ2) is 8.87. The first-order valence-corrected chi connectivity index (χ1v) is 11.3. The van der Waals surface area contributed by atoms with E-state index < -0.39 is 0 Å². The number of thiazole rings is 1. The molecule has 31 heavy (non-hydrogen) atoms. The maximum atomic E-state index is 12.8. The number of hydrogen-bond acceptors (Lipinski definition) is 6. The monoisotopic (exact) mass is 433 g/mol. The molecule has 1 amide bonds. The predicted molar refractivity (Wildman–Crippen MR) is 123 cm³/mol. The molecular weight excluding hydrogens is 410 g/mol. The van der Waals surface area contributed by atoms with E-state index in [9.17, 15) is 4.79 Å². The molecule has 0 spiro atoms. The van der Waals surface area contributed by atoms with E-state index in [1.54, 1.807) is 12.3 Å². The van der Waals surface area contributed by atoms with Crippen molar-refractivity contribution in [1.29, 1.82) is 0 Å². The zero-order chi connectivity index (χ0) is 21.0. The molecule has 0 unspecified atom stereocenters. The summed E-state index contributed by atoms with van der Waals surface area (Å²) in [6.45, 7) is 3.87. The average molecular weight is 434 g/mol. The summed E-state index contributed by atoms with van der Waals surface area (Å²) in [7, 11) is 0. The van der Waals surface area contributed by atoms with Crippen molar-refractivity contribution < 1.29 is 9.53 Å². The molecule has 2 aromatic carbocycles. The van der Waals surface area contributed by atoms with Gasteiger partial charge in [0.15, 0.2) is 5.13 Å².